The van der Waals surface area contributed by atoms with Crippen molar-refractivity contribution in [1.29, 1.82) is 0 Å². The van der Waals surface area contributed by atoms with Crippen LogP contribution >= 0.6 is 23.2 Å². The standard InChI is InChI=1S/C16H14Cl2O/c1-10-6-11(2)8-12(7-10)9-15(19)16-13(17)4-3-5-14(16)18/h3-8H,9H2,1-2H3. The Labute approximate surface area is 123 Å². The molecule has 2 rings (SSSR count). The lowest BCUT2D eigenvalue weighted by Gasteiger charge is -2.07. The lowest BCUT2D eigenvalue weighted by molar-refractivity contribution is 0.0993. The first-order chi connectivity index (χ1) is 8.97. The molecular formula is C16H14Cl2O. The van der Waals surface area contributed by atoms with Gasteiger partial charge in [0.15, 0.2) is 5.78 Å². The van der Waals surface area contributed by atoms with Gasteiger partial charge in [-0.25, -0.2) is 0 Å². The van der Waals surface area contributed by atoms with Crippen molar-refractivity contribution in [2.75, 3.05) is 0 Å². The maximum atomic E-state index is 12.3. The van der Waals surface area contributed by atoms with Crippen LogP contribution in [0.5, 0.6) is 0 Å². The van der Waals surface area contributed by atoms with Crippen molar-refractivity contribution in [3.63, 3.8) is 0 Å². The molecule has 0 heterocycles. The molecule has 0 aliphatic carbocycles. The summed E-state index contributed by atoms with van der Waals surface area (Å²) in [7, 11) is 0. The van der Waals surface area contributed by atoms with Gasteiger partial charge in [0, 0.05) is 6.42 Å². The molecule has 0 saturated carbocycles. The first-order valence-electron chi connectivity index (χ1n) is 6.02. The fraction of sp³-hybridized carbons (Fsp3) is 0.188. The van der Waals surface area contributed by atoms with E-state index in [0.717, 1.165) is 16.7 Å². The molecule has 0 saturated heterocycles. The topological polar surface area (TPSA) is 17.1 Å². The fourth-order valence-corrected chi connectivity index (χ4v) is 2.82. The number of Topliss-reactive ketones (excluding diaryl/α,β-unsaturated/α-hetero) is 1. The lowest BCUT2D eigenvalue weighted by Crippen LogP contribution is -2.05. The van der Waals surface area contributed by atoms with Crippen LogP contribution in [0, 0.1) is 13.8 Å². The van der Waals surface area contributed by atoms with E-state index in [1.165, 1.54) is 0 Å². The van der Waals surface area contributed by atoms with E-state index in [0.29, 0.717) is 22.0 Å². The number of rotatable bonds is 3. The number of carbonyl (C=O) groups excluding carboxylic acids is 1. The second-order valence-electron chi connectivity index (χ2n) is 4.69. The average molecular weight is 293 g/mol. The van der Waals surface area contributed by atoms with E-state index in [1.54, 1.807) is 18.2 Å². The Hall–Kier alpha value is -1.31. The molecule has 1 nitrogen and oxygen atoms in total. The molecule has 0 radical (unpaired) electrons. The van der Waals surface area contributed by atoms with E-state index < -0.39 is 0 Å². The number of halogens is 2. The Morgan fingerprint density at radius 1 is 1.00 bits per heavy atom. The summed E-state index contributed by atoms with van der Waals surface area (Å²) >= 11 is 12.1. The number of aryl methyl sites for hydroxylation is 2. The van der Waals surface area contributed by atoms with Gasteiger partial charge in [-0.1, -0.05) is 58.6 Å². The Bertz CT molecular complexity index is 592. The molecular weight excluding hydrogens is 279 g/mol. The molecule has 0 atom stereocenters. The van der Waals surface area contributed by atoms with Gasteiger partial charge in [-0.05, 0) is 31.5 Å². The summed E-state index contributed by atoms with van der Waals surface area (Å²) in [5.41, 5.74) is 3.68. The van der Waals surface area contributed by atoms with Crippen LogP contribution in [0.15, 0.2) is 36.4 Å². The SMILES string of the molecule is Cc1cc(C)cc(CC(=O)c2c(Cl)cccc2Cl)c1. The number of ketones is 1. The van der Waals surface area contributed by atoms with E-state index >= 15 is 0 Å². The van der Waals surface area contributed by atoms with Gasteiger partial charge in [0.05, 0.1) is 15.6 Å². The third-order valence-electron chi connectivity index (χ3n) is 2.89. The Morgan fingerprint density at radius 2 is 1.53 bits per heavy atom. The quantitative estimate of drug-likeness (QED) is 0.725. The zero-order chi connectivity index (χ0) is 14.0. The number of hydrogen-bond acceptors (Lipinski definition) is 1. The molecule has 0 bridgehead atoms. The van der Waals surface area contributed by atoms with Crippen molar-refractivity contribution >= 4 is 29.0 Å². The normalized spacial score (nSPS) is 10.5. The van der Waals surface area contributed by atoms with Crippen LogP contribution < -0.4 is 0 Å². The van der Waals surface area contributed by atoms with Crippen molar-refractivity contribution < 1.29 is 4.79 Å². The fourth-order valence-electron chi connectivity index (χ4n) is 2.21. The highest BCUT2D eigenvalue weighted by atomic mass is 35.5. The smallest absolute Gasteiger partial charge is 0.170 e. The minimum Gasteiger partial charge on any atom is -0.294 e. The summed E-state index contributed by atoms with van der Waals surface area (Å²) in [5.74, 6) is -0.0550. The van der Waals surface area contributed by atoms with Crippen LogP contribution in [0.2, 0.25) is 10.0 Å². The van der Waals surface area contributed by atoms with Crippen LogP contribution in [0.25, 0.3) is 0 Å². The highest BCUT2D eigenvalue weighted by Gasteiger charge is 2.15. The van der Waals surface area contributed by atoms with Gasteiger partial charge in [-0.3, -0.25) is 4.79 Å². The Morgan fingerprint density at radius 3 is 2.05 bits per heavy atom. The molecule has 2 aromatic rings. The first-order valence-corrected chi connectivity index (χ1v) is 6.77. The summed E-state index contributed by atoms with van der Waals surface area (Å²) in [6, 6.07) is 11.2. The van der Waals surface area contributed by atoms with E-state index in [2.05, 4.69) is 6.07 Å². The summed E-state index contributed by atoms with van der Waals surface area (Å²) in [6.07, 6.45) is 0.311. The van der Waals surface area contributed by atoms with Crippen LogP contribution in [-0.2, 0) is 6.42 Å². The largest absolute Gasteiger partial charge is 0.294 e. The molecule has 0 aliphatic heterocycles. The molecule has 0 spiro atoms. The highest BCUT2D eigenvalue weighted by molar-refractivity contribution is 6.39. The van der Waals surface area contributed by atoms with E-state index in [4.69, 9.17) is 23.2 Å². The predicted molar refractivity (Wildman–Crippen MR) is 80.4 cm³/mol. The van der Waals surface area contributed by atoms with Crippen LogP contribution in [0.1, 0.15) is 27.0 Å². The average Bonchev–Trinajstić information content (AvgIpc) is 2.26. The monoisotopic (exact) mass is 292 g/mol. The van der Waals surface area contributed by atoms with Crippen molar-refractivity contribution in [2.45, 2.75) is 20.3 Å². The number of benzene rings is 2. The maximum absolute atomic E-state index is 12.3. The van der Waals surface area contributed by atoms with Crippen molar-refractivity contribution in [2.24, 2.45) is 0 Å². The van der Waals surface area contributed by atoms with Gasteiger partial charge in [-0.15, -0.1) is 0 Å². The zero-order valence-corrected chi connectivity index (χ0v) is 12.3. The summed E-state index contributed by atoms with van der Waals surface area (Å²) in [6.45, 7) is 4.03. The summed E-state index contributed by atoms with van der Waals surface area (Å²) in [5, 5.41) is 0.809. The molecule has 0 aromatic heterocycles. The minimum absolute atomic E-state index is 0.0550. The van der Waals surface area contributed by atoms with Gasteiger partial charge in [0.1, 0.15) is 0 Å². The zero-order valence-electron chi connectivity index (χ0n) is 10.8. The molecule has 0 aliphatic rings. The van der Waals surface area contributed by atoms with E-state index in [9.17, 15) is 4.79 Å². The van der Waals surface area contributed by atoms with Gasteiger partial charge in [-0.2, -0.15) is 0 Å². The van der Waals surface area contributed by atoms with Crippen LogP contribution in [0.4, 0.5) is 0 Å². The molecule has 98 valence electrons. The van der Waals surface area contributed by atoms with Gasteiger partial charge < -0.3 is 0 Å². The third kappa shape index (κ3) is 3.37. The molecule has 0 amide bonds. The van der Waals surface area contributed by atoms with Crippen molar-refractivity contribution in [3.8, 4) is 0 Å². The maximum Gasteiger partial charge on any atom is 0.170 e. The second kappa shape index (κ2) is 5.77. The summed E-state index contributed by atoms with van der Waals surface area (Å²) < 4.78 is 0. The minimum atomic E-state index is -0.0550. The number of hydrogen-bond donors (Lipinski definition) is 0. The molecule has 0 fully saturated rings. The Balaban J connectivity index is 2.31. The van der Waals surface area contributed by atoms with Crippen LogP contribution in [0.3, 0.4) is 0 Å². The summed E-state index contributed by atoms with van der Waals surface area (Å²) in [4.78, 5) is 12.3. The molecule has 3 heteroatoms. The van der Waals surface area contributed by atoms with E-state index in [1.807, 2.05) is 26.0 Å². The van der Waals surface area contributed by atoms with E-state index in [-0.39, 0.29) is 5.78 Å². The molecule has 0 N–H and O–H groups in total. The highest BCUT2D eigenvalue weighted by Crippen LogP contribution is 2.26. The predicted octanol–water partition coefficient (Wildman–Crippen LogP) is 5.04. The second-order valence-corrected chi connectivity index (χ2v) is 5.51. The molecule has 19 heavy (non-hydrogen) atoms. The van der Waals surface area contributed by atoms with Gasteiger partial charge in [0.25, 0.3) is 0 Å². The Kier molecular flexibility index (Phi) is 4.28. The van der Waals surface area contributed by atoms with Crippen molar-refractivity contribution in [3.05, 3.63) is 68.7 Å². The molecule has 0 unspecified atom stereocenters. The number of carbonyl (C=O) groups is 1. The molecule has 2 aromatic carbocycles. The van der Waals surface area contributed by atoms with Gasteiger partial charge in [0.2, 0.25) is 0 Å². The lowest BCUT2D eigenvalue weighted by atomic mass is 9.99. The van der Waals surface area contributed by atoms with Gasteiger partial charge >= 0.3 is 0 Å². The van der Waals surface area contributed by atoms with Crippen molar-refractivity contribution in [1.82, 2.24) is 0 Å². The third-order valence-corrected chi connectivity index (χ3v) is 3.52. The first kappa shape index (κ1) is 14.1. The van der Waals surface area contributed by atoms with Crippen LogP contribution in [-0.4, -0.2) is 5.78 Å².